The van der Waals surface area contributed by atoms with Crippen LogP contribution in [0.2, 0.25) is 5.02 Å². The van der Waals surface area contributed by atoms with Crippen molar-refractivity contribution in [2.45, 2.75) is 25.0 Å². The zero-order valence-corrected chi connectivity index (χ0v) is 19.7. The maximum Gasteiger partial charge on any atom is 0.272 e. The summed E-state index contributed by atoms with van der Waals surface area (Å²) in [6.07, 6.45) is 1.10. The average Bonchev–Trinajstić information content (AvgIpc) is 3.20. The van der Waals surface area contributed by atoms with Gasteiger partial charge in [-0.25, -0.2) is 4.99 Å². The normalized spacial score (nSPS) is 19.3. The summed E-state index contributed by atoms with van der Waals surface area (Å²) >= 11 is 11.9. The molecule has 0 saturated carbocycles. The maximum atomic E-state index is 13.4. The average molecular weight is 475 g/mol. The summed E-state index contributed by atoms with van der Waals surface area (Å²) in [5.74, 6) is -0.194. The van der Waals surface area contributed by atoms with Crippen molar-refractivity contribution >= 4 is 46.2 Å². The Morgan fingerprint density at radius 2 is 1.82 bits per heavy atom. The Kier molecular flexibility index (Phi) is 5.87. The largest absolute Gasteiger partial charge is 0.356 e. The lowest BCUT2D eigenvalue weighted by Crippen LogP contribution is -2.49. The van der Waals surface area contributed by atoms with Gasteiger partial charge in [-0.2, -0.15) is 0 Å². The molecule has 0 fully saturated rings. The van der Waals surface area contributed by atoms with Crippen molar-refractivity contribution in [1.82, 2.24) is 10.6 Å². The van der Waals surface area contributed by atoms with Gasteiger partial charge < -0.3 is 15.5 Å². The minimum Gasteiger partial charge on any atom is -0.356 e. The number of hydrogen-bond acceptors (Lipinski definition) is 3. The second-order valence-electron chi connectivity index (χ2n) is 8.21. The third-order valence-electron chi connectivity index (χ3n) is 6.15. The van der Waals surface area contributed by atoms with E-state index in [9.17, 15) is 4.79 Å². The maximum absolute atomic E-state index is 13.4. The SMILES string of the molecule is CN1C(=O)C(NC(=S)NC2CCc3ccccc32)N=C(c2ccccc2)c2cc(Cl)ccc21. The van der Waals surface area contributed by atoms with Crippen molar-refractivity contribution < 1.29 is 4.79 Å². The summed E-state index contributed by atoms with van der Waals surface area (Å²) in [6.45, 7) is 0. The summed E-state index contributed by atoms with van der Waals surface area (Å²) in [5.41, 5.74) is 5.73. The molecule has 0 spiro atoms. The van der Waals surface area contributed by atoms with E-state index >= 15 is 0 Å². The second-order valence-corrected chi connectivity index (χ2v) is 9.06. The molecular weight excluding hydrogens is 452 g/mol. The van der Waals surface area contributed by atoms with Gasteiger partial charge in [0.2, 0.25) is 6.17 Å². The van der Waals surface area contributed by atoms with Gasteiger partial charge in [-0.3, -0.25) is 4.79 Å². The van der Waals surface area contributed by atoms with Crippen LogP contribution in [0.3, 0.4) is 0 Å². The molecule has 0 saturated heterocycles. The van der Waals surface area contributed by atoms with Crippen LogP contribution in [0.5, 0.6) is 0 Å². The number of halogens is 1. The van der Waals surface area contributed by atoms with Crippen molar-refractivity contribution in [2.75, 3.05) is 11.9 Å². The first-order chi connectivity index (χ1) is 16.0. The second kappa shape index (κ2) is 8.96. The van der Waals surface area contributed by atoms with E-state index in [2.05, 4.69) is 28.8 Å². The van der Waals surface area contributed by atoms with E-state index < -0.39 is 6.17 Å². The Hall–Kier alpha value is -3.22. The van der Waals surface area contributed by atoms with Crippen molar-refractivity contribution in [3.8, 4) is 0 Å². The highest BCUT2D eigenvalue weighted by Gasteiger charge is 2.31. The summed E-state index contributed by atoms with van der Waals surface area (Å²) in [4.78, 5) is 19.8. The lowest BCUT2D eigenvalue weighted by Gasteiger charge is -2.23. The van der Waals surface area contributed by atoms with Gasteiger partial charge in [-0.1, -0.05) is 66.2 Å². The number of amides is 1. The first-order valence-corrected chi connectivity index (χ1v) is 11.7. The first kappa shape index (κ1) is 21.6. The molecule has 0 aromatic heterocycles. The van der Waals surface area contributed by atoms with E-state index in [4.69, 9.17) is 28.8 Å². The molecule has 3 aromatic carbocycles. The smallest absolute Gasteiger partial charge is 0.272 e. The van der Waals surface area contributed by atoms with Gasteiger partial charge in [0.15, 0.2) is 5.11 Å². The fourth-order valence-electron chi connectivity index (χ4n) is 4.50. The molecule has 3 aromatic rings. The number of anilines is 1. The number of nitrogens with one attached hydrogen (secondary N) is 2. The molecule has 1 aliphatic carbocycles. The summed E-state index contributed by atoms with van der Waals surface area (Å²) in [7, 11) is 1.75. The minimum atomic E-state index is -0.868. The van der Waals surface area contributed by atoms with E-state index in [1.165, 1.54) is 11.1 Å². The quantitative estimate of drug-likeness (QED) is 0.543. The molecule has 7 heteroatoms. The first-order valence-electron chi connectivity index (χ1n) is 10.9. The highest BCUT2D eigenvalue weighted by molar-refractivity contribution is 7.80. The van der Waals surface area contributed by atoms with Crippen LogP contribution in [-0.2, 0) is 11.2 Å². The van der Waals surface area contributed by atoms with Crippen molar-refractivity contribution in [2.24, 2.45) is 4.99 Å². The molecule has 2 aliphatic rings. The Morgan fingerprint density at radius 1 is 1.06 bits per heavy atom. The number of likely N-dealkylation sites (N-methyl/N-ethyl adjacent to an activating group) is 1. The summed E-state index contributed by atoms with van der Waals surface area (Å²) in [5, 5.41) is 7.53. The monoisotopic (exact) mass is 474 g/mol. The highest BCUT2D eigenvalue weighted by Crippen LogP contribution is 2.31. The van der Waals surface area contributed by atoms with Gasteiger partial charge in [-0.15, -0.1) is 0 Å². The number of aliphatic imine (C=N–C) groups is 1. The molecule has 0 radical (unpaired) electrons. The molecule has 1 aliphatic heterocycles. The van der Waals surface area contributed by atoms with E-state index in [-0.39, 0.29) is 11.9 Å². The number of hydrogen-bond donors (Lipinski definition) is 2. The molecule has 1 heterocycles. The number of benzene rings is 3. The third-order valence-corrected chi connectivity index (χ3v) is 6.62. The van der Waals surface area contributed by atoms with Crippen LogP contribution in [0.4, 0.5) is 5.69 Å². The van der Waals surface area contributed by atoms with Crippen LogP contribution < -0.4 is 15.5 Å². The lowest BCUT2D eigenvalue weighted by atomic mass is 10.0. The molecule has 5 nitrogen and oxygen atoms in total. The van der Waals surface area contributed by atoms with Gasteiger partial charge in [0.1, 0.15) is 0 Å². The fraction of sp³-hybridized carbons (Fsp3) is 0.192. The topological polar surface area (TPSA) is 56.7 Å². The molecule has 0 bridgehead atoms. The Bertz CT molecular complexity index is 1260. The summed E-state index contributed by atoms with van der Waals surface area (Å²) in [6, 6.07) is 23.8. The zero-order valence-electron chi connectivity index (χ0n) is 18.1. The van der Waals surface area contributed by atoms with Crippen LogP contribution in [0, 0.1) is 0 Å². The van der Waals surface area contributed by atoms with Gasteiger partial charge >= 0.3 is 0 Å². The van der Waals surface area contributed by atoms with Crippen LogP contribution in [0.25, 0.3) is 0 Å². The van der Waals surface area contributed by atoms with Gasteiger partial charge in [0, 0.05) is 23.2 Å². The van der Waals surface area contributed by atoms with Crippen LogP contribution in [0.15, 0.2) is 77.8 Å². The third kappa shape index (κ3) is 4.24. The standard InChI is InChI=1S/C26H23ClN4OS/c1-31-22-14-12-18(27)15-20(22)23(17-8-3-2-4-9-17)29-24(25(31)32)30-26(33)28-21-13-11-16-7-5-6-10-19(16)21/h2-10,12,14-15,21,24H,11,13H2,1H3,(H2,28,30,33). The summed E-state index contributed by atoms with van der Waals surface area (Å²) < 4.78 is 0. The number of nitrogens with zero attached hydrogens (tertiary/aromatic N) is 2. The van der Waals surface area contributed by atoms with Crippen LogP contribution >= 0.6 is 23.8 Å². The van der Waals surface area contributed by atoms with Crippen LogP contribution in [0.1, 0.15) is 34.7 Å². The predicted octanol–water partition coefficient (Wildman–Crippen LogP) is 4.63. The lowest BCUT2D eigenvalue weighted by molar-refractivity contribution is -0.119. The van der Waals surface area contributed by atoms with Crippen molar-refractivity contribution in [3.63, 3.8) is 0 Å². The number of fused-ring (bicyclic) bond motifs is 2. The van der Waals surface area contributed by atoms with E-state index in [0.717, 1.165) is 29.7 Å². The van der Waals surface area contributed by atoms with E-state index in [0.29, 0.717) is 15.8 Å². The Morgan fingerprint density at radius 3 is 2.64 bits per heavy atom. The molecule has 166 valence electrons. The Labute approximate surface area is 203 Å². The number of thiocarbonyl (C=S) groups is 1. The zero-order chi connectivity index (χ0) is 22.9. The molecule has 33 heavy (non-hydrogen) atoms. The number of carbonyl (C=O) groups is 1. The minimum absolute atomic E-state index is 0.119. The van der Waals surface area contributed by atoms with Gasteiger partial charge in [0.05, 0.1) is 17.4 Å². The van der Waals surface area contributed by atoms with Crippen LogP contribution in [-0.4, -0.2) is 29.9 Å². The highest BCUT2D eigenvalue weighted by atomic mass is 35.5. The molecular formula is C26H23ClN4OS. The molecule has 2 N–H and O–H groups in total. The van der Waals surface area contributed by atoms with E-state index in [1.807, 2.05) is 48.5 Å². The molecule has 2 unspecified atom stereocenters. The predicted molar refractivity (Wildman–Crippen MR) is 137 cm³/mol. The van der Waals surface area contributed by atoms with Crippen molar-refractivity contribution in [3.05, 3.63) is 100 Å². The number of rotatable bonds is 3. The Balaban J connectivity index is 1.46. The molecule has 2 atom stereocenters. The fourth-order valence-corrected chi connectivity index (χ4v) is 4.92. The molecule has 5 rings (SSSR count). The van der Waals surface area contributed by atoms with Crippen molar-refractivity contribution in [1.29, 1.82) is 0 Å². The molecule has 1 amide bonds. The van der Waals surface area contributed by atoms with E-state index in [1.54, 1.807) is 18.0 Å². The number of aryl methyl sites for hydroxylation is 1. The number of benzodiazepines with no additional fused rings is 1. The van der Waals surface area contributed by atoms with Gasteiger partial charge in [-0.05, 0) is 54.4 Å². The van der Waals surface area contributed by atoms with Gasteiger partial charge in [0.25, 0.3) is 5.91 Å². The number of carbonyl (C=O) groups excluding carboxylic acids is 1.